The van der Waals surface area contributed by atoms with Crippen LogP contribution < -0.4 is 16.0 Å². The molecule has 0 aliphatic heterocycles. The molecule has 1 heterocycles. The van der Waals surface area contributed by atoms with Crippen LogP contribution in [0.2, 0.25) is 10.0 Å². The average molecular weight is 519 g/mol. The summed E-state index contributed by atoms with van der Waals surface area (Å²) in [4.78, 5) is 9.07. The second kappa shape index (κ2) is 11.9. The van der Waals surface area contributed by atoms with Crippen molar-refractivity contribution in [3.05, 3.63) is 56.6 Å². The minimum atomic E-state index is 0.336. The molecule has 0 aliphatic rings. The van der Waals surface area contributed by atoms with Crippen LogP contribution in [0.15, 0.2) is 41.0 Å². The van der Waals surface area contributed by atoms with E-state index in [2.05, 4.69) is 50.1 Å². The Morgan fingerprint density at radius 1 is 1.21 bits per heavy atom. The first-order valence-corrected chi connectivity index (χ1v) is 11.2. The molecule has 5 nitrogen and oxygen atoms in total. The molecule has 2 aromatic rings. The summed E-state index contributed by atoms with van der Waals surface area (Å²) < 4.78 is 0.950. The first-order chi connectivity index (χ1) is 13.8. The van der Waals surface area contributed by atoms with Gasteiger partial charge in [-0.3, -0.25) is 0 Å². The van der Waals surface area contributed by atoms with Crippen LogP contribution in [0, 0.1) is 0 Å². The van der Waals surface area contributed by atoms with Crippen molar-refractivity contribution in [2.24, 2.45) is 5.73 Å². The van der Waals surface area contributed by atoms with Crippen molar-refractivity contribution in [1.29, 1.82) is 0 Å². The molecule has 1 atom stereocenters. The van der Waals surface area contributed by atoms with E-state index in [0.717, 1.165) is 41.8 Å². The molecule has 0 saturated heterocycles. The van der Waals surface area contributed by atoms with Crippen LogP contribution in [0.5, 0.6) is 0 Å². The van der Waals surface area contributed by atoms with Crippen LogP contribution in [0.3, 0.4) is 0 Å². The molecule has 0 bridgehead atoms. The van der Waals surface area contributed by atoms with Crippen molar-refractivity contribution in [3.8, 4) is 0 Å². The van der Waals surface area contributed by atoms with Gasteiger partial charge >= 0.3 is 0 Å². The number of rotatable bonds is 10. The lowest BCUT2D eigenvalue weighted by molar-refractivity contribution is 0.266. The molecule has 158 valence electrons. The number of nitrogens with one attached hydrogen (secondary N) is 1. The maximum atomic E-state index is 6.21. The third kappa shape index (κ3) is 8.26. The third-order valence-corrected chi connectivity index (χ3v) is 5.98. The lowest BCUT2D eigenvalue weighted by Gasteiger charge is -2.29. The Labute approximate surface area is 196 Å². The van der Waals surface area contributed by atoms with Gasteiger partial charge in [0.2, 0.25) is 0 Å². The van der Waals surface area contributed by atoms with E-state index in [1.807, 2.05) is 36.5 Å². The summed E-state index contributed by atoms with van der Waals surface area (Å²) in [6.45, 7) is 2.28. The summed E-state index contributed by atoms with van der Waals surface area (Å²) >= 11 is 20.6. The number of pyridine rings is 1. The standard InChI is InChI=1S/C20H26BrCl2N5S/c1-27(2)16(7-9-25-20(24)29)8-10-28(19-6-4-15(21)12-26-19)13-14-3-5-17(22)18(23)11-14/h3-6,11-12,16H,7-10,13H2,1-2H3,(H3,24,25,29). The summed E-state index contributed by atoms with van der Waals surface area (Å²) in [5.41, 5.74) is 6.62. The lowest BCUT2D eigenvalue weighted by atomic mass is 10.1. The molecule has 1 aromatic heterocycles. The Morgan fingerprint density at radius 3 is 2.55 bits per heavy atom. The molecule has 2 rings (SSSR count). The number of hydrogen-bond acceptors (Lipinski definition) is 4. The highest BCUT2D eigenvalue weighted by atomic mass is 79.9. The highest BCUT2D eigenvalue weighted by Gasteiger charge is 2.16. The second-order valence-electron chi connectivity index (χ2n) is 6.99. The fraction of sp³-hybridized carbons (Fsp3) is 0.400. The van der Waals surface area contributed by atoms with Crippen molar-refractivity contribution < 1.29 is 0 Å². The summed E-state index contributed by atoms with van der Waals surface area (Å²) in [6.07, 6.45) is 3.72. The summed E-state index contributed by atoms with van der Waals surface area (Å²) in [5, 5.41) is 4.48. The molecular formula is C20H26BrCl2N5S. The van der Waals surface area contributed by atoms with Gasteiger partial charge < -0.3 is 20.9 Å². The van der Waals surface area contributed by atoms with Crippen molar-refractivity contribution in [2.75, 3.05) is 32.1 Å². The van der Waals surface area contributed by atoms with Gasteiger partial charge in [-0.25, -0.2) is 4.98 Å². The van der Waals surface area contributed by atoms with Gasteiger partial charge in [0.05, 0.1) is 10.0 Å². The van der Waals surface area contributed by atoms with Gasteiger partial charge in [-0.2, -0.15) is 0 Å². The van der Waals surface area contributed by atoms with E-state index < -0.39 is 0 Å². The number of halogens is 3. The van der Waals surface area contributed by atoms with Gasteiger partial charge in [0, 0.05) is 36.3 Å². The number of thiocarbonyl (C=S) groups is 1. The molecule has 0 saturated carbocycles. The molecule has 3 N–H and O–H groups in total. The van der Waals surface area contributed by atoms with E-state index in [-0.39, 0.29) is 0 Å². The fourth-order valence-corrected chi connectivity index (χ4v) is 3.67. The van der Waals surface area contributed by atoms with Crippen LogP contribution in [-0.4, -0.2) is 48.2 Å². The monoisotopic (exact) mass is 517 g/mol. The maximum Gasteiger partial charge on any atom is 0.163 e. The minimum absolute atomic E-state index is 0.336. The van der Waals surface area contributed by atoms with Crippen molar-refractivity contribution in [3.63, 3.8) is 0 Å². The first-order valence-electron chi connectivity index (χ1n) is 9.26. The van der Waals surface area contributed by atoms with Gasteiger partial charge in [0.15, 0.2) is 5.11 Å². The molecule has 0 spiro atoms. The molecule has 29 heavy (non-hydrogen) atoms. The summed E-state index contributed by atoms with van der Waals surface area (Å²) in [5.74, 6) is 0.915. The van der Waals surface area contributed by atoms with E-state index in [1.54, 1.807) is 0 Å². The molecule has 0 amide bonds. The quantitative estimate of drug-likeness (QED) is 0.444. The third-order valence-electron chi connectivity index (χ3n) is 4.63. The Bertz CT molecular complexity index is 804. The molecule has 1 aromatic carbocycles. The number of nitrogens with zero attached hydrogens (tertiary/aromatic N) is 3. The largest absolute Gasteiger partial charge is 0.376 e. The number of benzene rings is 1. The predicted octanol–water partition coefficient (Wildman–Crippen LogP) is 4.70. The number of hydrogen-bond donors (Lipinski definition) is 2. The second-order valence-corrected chi connectivity index (χ2v) is 9.16. The van der Waals surface area contributed by atoms with Gasteiger partial charge in [-0.05, 0) is 84.9 Å². The van der Waals surface area contributed by atoms with Crippen LogP contribution >= 0.6 is 51.3 Å². The summed E-state index contributed by atoms with van der Waals surface area (Å²) in [6, 6.07) is 10.1. The van der Waals surface area contributed by atoms with Gasteiger partial charge in [-0.1, -0.05) is 29.3 Å². The molecule has 0 radical (unpaired) electrons. The summed E-state index contributed by atoms with van der Waals surface area (Å²) in [7, 11) is 4.18. The smallest absolute Gasteiger partial charge is 0.163 e. The average Bonchev–Trinajstić information content (AvgIpc) is 2.66. The zero-order valence-electron chi connectivity index (χ0n) is 16.5. The normalized spacial score (nSPS) is 12.1. The number of nitrogens with two attached hydrogens (primary N) is 1. The molecule has 9 heteroatoms. The molecule has 1 unspecified atom stereocenters. The van der Waals surface area contributed by atoms with E-state index in [4.69, 9.17) is 41.2 Å². The van der Waals surface area contributed by atoms with E-state index in [0.29, 0.717) is 27.7 Å². The zero-order valence-corrected chi connectivity index (χ0v) is 20.5. The first kappa shape index (κ1) is 24.2. The number of aromatic nitrogens is 1. The van der Waals surface area contributed by atoms with Crippen molar-refractivity contribution in [2.45, 2.75) is 25.4 Å². The Kier molecular flexibility index (Phi) is 9.92. The zero-order chi connectivity index (χ0) is 21.4. The topological polar surface area (TPSA) is 57.4 Å². The minimum Gasteiger partial charge on any atom is -0.376 e. The van der Waals surface area contributed by atoms with Crippen LogP contribution in [0.1, 0.15) is 18.4 Å². The van der Waals surface area contributed by atoms with Crippen LogP contribution in [0.4, 0.5) is 5.82 Å². The Hall–Kier alpha value is -1.12. The van der Waals surface area contributed by atoms with Gasteiger partial charge in [0.1, 0.15) is 5.82 Å². The van der Waals surface area contributed by atoms with E-state index in [1.165, 1.54) is 0 Å². The maximum absolute atomic E-state index is 6.21. The van der Waals surface area contributed by atoms with Crippen LogP contribution in [0.25, 0.3) is 0 Å². The highest BCUT2D eigenvalue weighted by molar-refractivity contribution is 9.10. The van der Waals surface area contributed by atoms with Crippen molar-refractivity contribution >= 4 is 62.3 Å². The molecule has 0 aliphatic carbocycles. The Morgan fingerprint density at radius 2 is 1.97 bits per heavy atom. The van der Waals surface area contributed by atoms with Crippen molar-refractivity contribution in [1.82, 2.24) is 15.2 Å². The molecule has 0 fully saturated rings. The SMILES string of the molecule is CN(C)C(CCNC(N)=S)CCN(Cc1ccc(Cl)c(Cl)c1)c1ccc(Br)cn1. The highest BCUT2D eigenvalue weighted by Crippen LogP contribution is 2.25. The molecular weight excluding hydrogens is 493 g/mol. The van der Waals surface area contributed by atoms with Gasteiger partial charge in [-0.15, -0.1) is 0 Å². The van der Waals surface area contributed by atoms with E-state index in [9.17, 15) is 0 Å². The predicted molar refractivity (Wildman–Crippen MR) is 131 cm³/mol. The van der Waals surface area contributed by atoms with Gasteiger partial charge in [0.25, 0.3) is 0 Å². The van der Waals surface area contributed by atoms with Crippen LogP contribution in [-0.2, 0) is 6.54 Å². The van der Waals surface area contributed by atoms with E-state index >= 15 is 0 Å². The number of anilines is 1. The lowest BCUT2D eigenvalue weighted by Crippen LogP contribution is -2.38. The Balaban J connectivity index is 2.12. The fourth-order valence-electron chi connectivity index (χ4n) is 3.02.